The molecule has 3 rings (SSSR count). The molecular weight excluding hydrogens is 244 g/mol. The van der Waals surface area contributed by atoms with Crippen molar-refractivity contribution in [3.05, 3.63) is 48.0 Å². The van der Waals surface area contributed by atoms with Crippen molar-refractivity contribution in [1.82, 2.24) is 5.32 Å². The zero-order valence-electron chi connectivity index (χ0n) is 9.52. The van der Waals surface area contributed by atoms with Gasteiger partial charge in [0.1, 0.15) is 5.84 Å². The van der Waals surface area contributed by atoms with E-state index in [1.54, 1.807) is 0 Å². The topological polar surface area (TPSA) is 24.4 Å². The van der Waals surface area contributed by atoms with Crippen molar-refractivity contribution in [2.24, 2.45) is 4.99 Å². The van der Waals surface area contributed by atoms with Crippen LogP contribution in [-0.4, -0.2) is 18.9 Å². The molecule has 0 atom stereocenters. The molecule has 0 aromatic heterocycles. The number of halogens is 1. The molecule has 1 aliphatic rings. The summed E-state index contributed by atoms with van der Waals surface area (Å²) in [5, 5.41) is 5.96. The van der Waals surface area contributed by atoms with Crippen LogP contribution in [0.4, 0.5) is 0 Å². The minimum absolute atomic E-state index is 0. The average molecular weight is 263 g/mol. The van der Waals surface area contributed by atoms with Crippen LogP contribution in [0.5, 0.6) is 0 Å². The van der Waals surface area contributed by atoms with Crippen LogP contribution in [0.15, 0.2) is 47.5 Å². The van der Waals surface area contributed by atoms with Crippen molar-refractivity contribution in [3.8, 4) is 0 Å². The summed E-state index contributed by atoms with van der Waals surface area (Å²) in [6, 6.07) is 15.0. The summed E-state index contributed by atoms with van der Waals surface area (Å²) in [5.74, 6) is 1.12. The molecule has 0 amide bonds. The Hall–Kier alpha value is -1.54. The van der Waals surface area contributed by atoms with Crippen LogP contribution in [0.1, 0.15) is 13.0 Å². The summed E-state index contributed by atoms with van der Waals surface area (Å²) in [6.45, 7) is 1.90. The van der Waals surface area contributed by atoms with Crippen LogP contribution in [-0.2, 0) is 6.42 Å². The van der Waals surface area contributed by atoms with Crippen LogP contribution >= 0.6 is 12.4 Å². The fourth-order valence-corrected chi connectivity index (χ4v) is 2.19. The highest BCUT2D eigenvalue weighted by atomic mass is 35.5. The van der Waals surface area contributed by atoms with Gasteiger partial charge in [-0.3, -0.25) is 4.99 Å². The molecular formula is C15H19ClN2. The second kappa shape index (κ2) is 6.41. The van der Waals surface area contributed by atoms with E-state index in [0.717, 1.165) is 25.3 Å². The Kier molecular flexibility index (Phi) is 5.17. The Morgan fingerprint density at radius 3 is 2.61 bits per heavy atom. The molecule has 18 heavy (non-hydrogen) atoms. The van der Waals surface area contributed by atoms with Gasteiger partial charge < -0.3 is 5.32 Å². The maximum absolute atomic E-state index is 4.44. The van der Waals surface area contributed by atoms with Crippen molar-refractivity contribution in [1.29, 1.82) is 0 Å². The summed E-state index contributed by atoms with van der Waals surface area (Å²) in [7, 11) is 0. The third-order valence-corrected chi connectivity index (χ3v) is 2.98. The first-order valence-electron chi connectivity index (χ1n) is 5.67. The van der Waals surface area contributed by atoms with Gasteiger partial charge in [0.25, 0.3) is 0 Å². The van der Waals surface area contributed by atoms with Crippen LogP contribution in [0, 0.1) is 0 Å². The molecule has 0 aliphatic carbocycles. The van der Waals surface area contributed by atoms with Gasteiger partial charge in [-0.2, -0.15) is 0 Å². The first-order valence-corrected chi connectivity index (χ1v) is 5.67. The predicted octanol–water partition coefficient (Wildman–Crippen LogP) is 3.44. The fraction of sp³-hybridized carbons (Fsp3) is 0.267. The predicted molar refractivity (Wildman–Crippen MR) is 81.9 cm³/mol. The molecule has 2 aromatic carbocycles. The van der Waals surface area contributed by atoms with Gasteiger partial charge in [-0.25, -0.2) is 0 Å². The number of amidine groups is 1. The van der Waals surface area contributed by atoms with Crippen LogP contribution < -0.4 is 5.32 Å². The Morgan fingerprint density at radius 2 is 1.83 bits per heavy atom. The monoisotopic (exact) mass is 262 g/mol. The highest BCUT2D eigenvalue weighted by Crippen LogP contribution is 2.19. The quantitative estimate of drug-likeness (QED) is 0.881. The van der Waals surface area contributed by atoms with Gasteiger partial charge >= 0.3 is 0 Å². The zero-order chi connectivity index (χ0) is 10.8. The van der Waals surface area contributed by atoms with Crippen LogP contribution in [0.2, 0.25) is 0 Å². The van der Waals surface area contributed by atoms with Crippen molar-refractivity contribution < 1.29 is 0 Å². The van der Waals surface area contributed by atoms with E-state index >= 15 is 0 Å². The maximum Gasteiger partial charge on any atom is 0.101 e. The zero-order valence-corrected chi connectivity index (χ0v) is 10.3. The van der Waals surface area contributed by atoms with E-state index in [4.69, 9.17) is 0 Å². The van der Waals surface area contributed by atoms with E-state index < -0.39 is 0 Å². The van der Waals surface area contributed by atoms with Crippen molar-refractivity contribution in [2.45, 2.75) is 13.8 Å². The molecule has 0 saturated heterocycles. The lowest BCUT2D eigenvalue weighted by Gasteiger charge is -2.06. The Bertz CT molecular complexity index is 544. The first-order chi connectivity index (χ1) is 7.93. The Balaban J connectivity index is 0.000000810. The first kappa shape index (κ1) is 14.5. The molecule has 3 heteroatoms. The van der Waals surface area contributed by atoms with E-state index in [9.17, 15) is 0 Å². The fourth-order valence-electron chi connectivity index (χ4n) is 2.19. The molecule has 96 valence electrons. The molecule has 0 spiro atoms. The molecule has 1 N–H and O–H groups in total. The van der Waals surface area contributed by atoms with Gasteiger partial charge in [0.2, 0.25) is 0 Å². The normalized spacial score (nSPS) is 13.2. The molecule has 0 fully saturated rings. The third-order valence-electron chi connectivity index (χ3n) is 2.98. The average Bonchev–Trinajstić information content (AvgIpc) is 2.82. The largest absolute Gasteiger partial charge is 0.372 e. The van der Waals surface area contributed by atoms with E-state index in [1.807, 2.05) is 0 Å². The number of rotatable bonds is 2. The van der Waals surface area contributed by atoms with Crippen LogP contribution in [0.25, 0.3) is 10.8 Å². The van der Waals surface area contributed by atoms with Crippen molar-refractivity contribution in [2.75, 3.05) is 13.1 Å². The van der Waals surface area contributed by atoms with Gasteiger partial charge in [0.15, 0.2) is 0 Å². The van der Waals surface area contributed by atoms with E-state index in [0.29, 0.717) is 0 Å². The number of fused-ring (bicyclic) bond motifs is 1. The summed E-state index contributed by atoms with van der Waals surface area (Å²) in [4.78, 5) is 4.44. The molecule has 2 aromatic rings. The van der Waals surface area contributed by atoms with Gasteiger partial charge in [0, 0.05) is 13.0 Å². The number of aliphatic imine (C=N–C) groups is 1. The molecule has 2 nitrogen and oxygen atoms in total. The van der Waals surface area contributed by atoms with Gasteiger partial charge in [-0.15, -0.1) is 12.4 Å². The lowest BCUT2D eigenvalue weighted by molar-refractivity contribution is 0.954. The minimum Gasteiger partial charge on any atom is -0.372 e. The number of nitrogens with zero attached hydrogens (tertiary/aromatic N) is 1. The van der Waals surface area contributed by atoms with Gasteiger partial charge in [0.05, 0.1) is 6.54 Å². The lowest BCUT2D eigenvalue weighted by atomic mass is 10.0. The molecule has 0 saturated carbocycles. The minimum atomic E-state index is 0. The van der Waals surface area contributed by atoms with Gasteiger partial charge in [-0.05, 0) is 16.3 Å². The van der Waals surface area contributed by atoms with Gasteiger partial charge in [-0.1, -0.05) is 49.9 Å². The summed E-state index contributed by atoms with van der Waals surface area (Å²) >= 11 is 0. The highest BCUT2D eigenvalue weighted by Gasteiger charge is 2.07. The number of hydrogen-bond acceptors (Lipinski definition) is 2. The molecule has 0 unspecified atom stereocenters. The van der Waals surface area contributed by atoms with Crippen molar-refractivity contribution in [3.63, 3.8) is 0 Å². The van der Waals surface area contributed by atoms with Crippen LogP contribution in [0.3, 0.4) is 0 Å². The Labute approximate surface area is 115 Å². The molecule has 1 heterocycles. The standard InChI is InChI=1S/C14H14N2.CH4.ClH/c1-2-7-13-11(4-1)5-3-6-12(13)10-14-15-8-9-16-14;;/h1-7H,8-10H2,(H,15,16);1H4;1H. The summed E-state index contributed by atoms with van der Waals surface area (Å²) < 4.78 is 0. The second-order valence-electron chi connectivity index (χ2n) is 4.07. The lowest BCUT2D eigenvalue weighted by Crippen LogP contribution is -2.20. The van der Waals surface area contributed by atoms with E-state index in [-0.39, 0.29) is 19.8 Å². The maximum atomic E-state index is 4.44. The third kappa shape index (κ3) is 2.82. The number of nitrogens with one attached hydrogen (secondary N) is 1. The number of hydrogen-bond donors (Lipinski definition) is 1. The van der Waals surface area contributed by atoms with E-state index in [1.165, 1.54) is 16.3 Å². The summed E-state index contributed by atoms with van der Waals surface area (Å²) in [5.41, 5.74) is 1.35. The smallest absolute Gasteiger partial charge is 0.101 e. The Morgan fingerprint density at radius 1 is 1.06 bits per heavy atom. The SMILES string of the molecule is C.Cl.c1ccc2c(CC3=NCCN3)cccc2c1. The summed E-state index contributed by atoms with van der Waals surface area (Å²) in [6.07, 6.45) is 0.918. The molecule has 1 aliphatic heterocycles. The van der Waals surface area contributed by atoms with E-state index in [2.05, 4.69) is 52.8 Å². The molecule has 0 radical (unpaired) electrons. The molecule has 0 bridgehead atoms. The number of benzene rings is 2. The second-order valence-corrected chi connectivity index (χ2v) is 4.07. The van der Waals surface area contributed by atoms with Crippen molar-refractivity contribution >= 4 is 29.0 Å². The highest BCUT2D eigenvalue weighted by molar-refractivity contribution is 5.92.